The highest BCUT2D eigenvalue weighted by molar-refractivity contribution is 7.86. The van der Waals surface area contributed by atoms with E-state index in [-0.39, 0.29) is 28.6 Å². The summed E-state index contributed by atoms with van der Waals surface area (Å²) in [4.78, 5) is 12.0. The number of methoxy groups -OCH3 is 2. The van der Waals surface area contributed by atoms with Gasteiger partial charge < -0.3 is 35.0 Å². The molecule has 0 amide bonds. The van der Waals surface area contributed by atoms with Crippen LogP contribution in [-0.2, 0) is 30.4 Å². The Kier molecular flexibility index (Phi) is 11.1. The van der Waals surface area contributed by atoms with Gasteiger partial charge in [0.25, 0.3) is 30.4 Å². The summed E-state index contributed by atoms with van der Waals surface area (Å²) in [6.45, 7) is 0. The molecule has 0 saturated carbocycles. The van der Waals surface area contributed by atoms with Crippen LogP contribution in [0.15, 0.2) is 100.0 Å². The maximum absolute atomic E-state index is 12.3. The summed E-state index contributed by atoms with van der Waals surface area (Å²) in [6, 6.07) is 7.77. The third kappa shape index (κ3) is 8.82. The first-order valence-electron chi connectivity index (χ1n) is 14.8. The van der Waals surface area contributed by atoms with E-state index in [0.29, 0.717) is 24.3 Å². The second kappa shape index (κ2) is 15.3. The van der Waals surface area contributed by atoms with Gasteiger partial charge in [-0.2, -0.15) is 35.4 Å². The van der Waals surface area contributed by atoms with Crippen molar-refractivity contribution in [2.24, 2.45) is 30.7 Å². The Morgan fingerprint density at radius 2 is 1.19 bits per heavy atom. The largest absolute Gasteiger partial charge is 0.507 e. The summed E-state index contributed by atoms with van der Waals surface area (Å²) in [5.41, 5.74) is -3.49. The van der Waals surface area contributed by atoms with Crippen molar-refractivity contribution in [1.29, 1.82) is 0 Å². The fourth-order valence-electron chi connectivity index (χ4n) is 4.85. The number of carbonyl (C=O) groups is 1. The molecule has 5 rings (SSSR count). The van der Waals surface area contributed by atoms with Crippen molar-refractivity contribution >= 4 is 81.2 Å². The van der Waals surface area contributed by atoms with E-state index < -0.39 is 108 Å². The molecule has 0 unspecified atom stereocenters. The Hall–Kier alpha value is -6.91. The quantitative estimate of drug-likeness (QED) is 0.0546. The van der Waals surface area contributed by atoms with Crippen molar-refractivity contribution in [2.75, 3.05) is 14.2 Å². The first-order chi connectivity index (χ1) is 26.5. The monoisotopic (exact) mass is 849 g/mol. The van der Waals surface area contributed by atoms with Gasteiger partial charge in [0.1, 0.15) is 49.8 Å². The van der Waals surface area contributed by atoms with Gasteiger partial charge in [-0.1, -0.05) is 0 Å². The lowest BCUT2D eigenvalue weighted by Crippen LogP contribution is -2.01. The standard InChI is InChI=1S/C30H23N7O17S3/c1-53-20-11-18(35-37-27-23(57(50,51)52)6-12-5-14(55(44,45)46)8-19(38)25(12)28(27)40)21(54-2)10-17(20)34-33-16-4-3-13(7-22(16)56(47,48)49)32-36-26-15(30(42)43)9-24(39)31-29(26)41/h3-11,38,40H,1-2H3,(H,42,43)(H2,31,39,41)(H,44,45,46)(H,47,48,49)(H,50,51,52)/b34-33+,36-32+,37-35+. The number of aromatic hydroxyl groups is 4. The molecule has 0 aliphatic heterocycles. The molecule has 24 nitrogen and oxygen atoms in total. The molecule has 0 aliphatic carbocycles. The summed E-state index contributed by atoms with van der Waals surface area (Å²) < 4.78 is 112. The van der Waals surface area contributed by atoms with E-state index in [4.69, 9.17) is 9.47 Å². The summed E-state index contributed by atoms with van der Waals surface area (Å²) in [5, 5.41) is 71.8. The minimum absolute atomic E-state index is 0.156. The van der Waals surface area contributed by atoms with Crippen molar-refractivity contribution in [3.8, 4) is 34.8 Å². The van der Waals surface area contributed by atoms with Crippen molar-refractivity contribution < 1.29 is 78.7 Å². The summed E-state index contributed by atoms with van der Waals surface area (Å²) in [6.07, 6.45) is 0. The number of fused-ring (bicyclic) bond motifs is 1. The maximum atomic E-state index is 12.3. The van der Waals surface area contributed by atoms with E-state index in [9.17, 15) is 69.2 Å². The second-order valence-corrected chi connectivity index (χ2v) is 15.2. The summed E-state index contributed by atoms with van der Waals surface area (Å²) in [5.74, 6) is -5.81. The summed E-state index contributed by atoms with van der Waals surface area (Å²) in [7, 11) is -12.9. The molecular weight excluding hydrogens is 827 g/mol. The number of phenolic OH excluding ortho intramolecular Hbond substituents is 2. The number of hydrogen-bond acceptors (Lipinski definition) is 20. The molecule has 0 atom stereocenters. The molecule has 57 heavy (non-hydrogen) atoms. The number of pyridine rings is 1. The number of carboxylic acid groups (broad SMARTS) is 1. The topological polar surface area (TPSA) is 387 Å². The van der Waals surface area contributed by atoms with E-state index >= 15 is 0 Å². The third-order valence-electron chi connectivity index (χ3n) is 7.36. The van der Waals surface area contributed by atoms with Crippen LogP contribution in [0.4, 0.5) is 34.1 Å². The molecule has 1 heterocycles. The highest BCUT2D eigenvalue weighted by Crippen LogP contribution is 2.47. The lowest BCUT2D eigenvalue weighted by Gasteiger charge is -2.12. The average molecular weight is 850 g/mol. The molecular formula is C30H23N7O17S3. The number of nitrogens with zero attached hydrogens (tertiary/aromatic N) is 7. The van der Waals surface area contributed by atoms with Gasteiger partial charge in [-0.15, -0.1) is 25.6 Å². The molecule has 0 spiro atoms. The zero-order valence-electron chi connectivity index (χ0n) is 28.3. The highest BCUT2D eigenvalue weighted by atomic mass is 32.2. The van der Waals surface area contributed by atoms with Crippen LogP contribution in [0.2, 0.25) is 0 Å². The number of rotatable bonds is 12. The molecule has 0 bridgehead atoms. The minimum atomic E-state index is -5.23. The van der Waals surface area contributed by atoms with Gasteiger partial charge in [-0.05, 0) is 35.7 Å². The summed E-state index contributed by atoms with van der Waals surface area (Å²) >= 11 is 0. The van der Waals surface area contributed by atoms with Crippen molar-refractivity contribution in [2.45, 2.75) is 14.7 Å². The minimum Gasteiger partial charge on any atom is -0.507 e. The van der Waals surface area contributed by atoms with Gasteiger partial charge in [0.2, 0.25) is 11.8 Å². The fraction of sp³-hybridized carbons (Fsp3) is 0.0667. The van der Waals surface area contributed by atoms with Gasteiger partial charge in [0.15, 0.2) is 11.4 Å². The SMILES string of the molecule is COc1cc(/N=N/c2c(S(=O)(=O)O)cc3cc(S(=O)(=O)O)cc(O)c3c2O)c(OC)cc1/N=N/c1ccc(/N=N/c2c(C(=O)O)cc(O)nc2O)cc1S(=O)(=O)O. The molecule has 0 radical (unpaired) electrons. The molecule has 8 N–H and O–H groups in total. The van der Waals surface area contributed by atoms with Crippen LogP contribution in [0.25, 0.3) is 10.8 Å². The van der Waals surface area contributed by atoms with E-state index in [1.54, 1.807) is 0 Å². The Bertz CT molecular complexity index is 2940. The maximum Gasteiger partial charge on any atom is 0.338 e. The molecule has 0 fully saturated rings. The lowest BCUT2D eigenvalue weighted by molar-refractivity contribution is 0.0696. The highest BCUT2D eigenvalue weighted by Gasteiger charge is 2.26. The number of benzene rings is 4. The van der Waals surface area contributed by atoms with E-state index in [0.717, 1.165) is 44.6 Å². The van der Waals surface area contributed by atoms with Crippen LogP contribution in [0.1, 0.15) is 10.4 Å². The Morgan fingerprint density at radius 1 is 0.632 bits per heavy atom. The van der Waals surface area contributed by atoms with Crippen molar-refractivity contribution in [3.63, 3.8) is 0 Å². The van der Waals surface area contributed by atoms with Crippen LogP contribution in [0.5, 0.6) is 34.8 Å². The van der Waals surface area contributed by atoms with Crippen LogP contribution in [-0.4, -0.2) is 89.6 Å². The normalized spacial score (nSPS) is 12.6. The lowest BCUT2D eigenvalue weighted by atomic mass is 10.1. The first-order valence-corrected chi connectivity index (χ1v) is 19.1. The van der Waals surface area contributed by atoms with Crippen LogP contribution >= 0.6 is 0 Å². The van der Waals surface area contributed by atoms with Gasteiger partial charge in [-0.3, -0.25) is 13.7 Å². The molecule has 27 heteroatoms. The zero-order valence-corrected chi connectivity index (χ0v) is 30.8. The Labute approximate surface area is 318 Å². The molecule has 0 aliphatic rings. The van der Waals surface area contributed by atoms with E-state index in [1.807, 2.05) is 0 Å². The predicted molar refractivity (Wildman–Crippen MR) is 190 cm³/mol. The molecule has 5 aromatic rings. The van der Waals surface area contributed by atoms with Gasteiger partial charge in [0, 0.05) is 24.3 Å². The van der Waals surface area contributed by atoms with Gasteiger partial charge in [0.05, 0.1) is 35.8 Å². The van der Waals surface area contributed by atoms with Gasteiger partial charge >= 0.3 is 5.97 Å². The number of aromatic carboxylic acids is 1. The fourth-order valence-corrected chi connectivity index (χ4v) is 6.69. The average Bonchev–Trinajstić information content (AvgIpc) is 3.11. The molecule has 298 valence electrons. The number of phenols is 2. The zero-order chi connectivity index (χ0) is 42.2. The van der Waals surface area contributed by atoms with Crippen molar-refractivity contribution in [1.82, 2.24) is 4.98 Å². The van der Waals surface area contributed by atoms with Crippen molar-refractivity contribution in [3.05, 3.63) is 60.2 Å². The Morgan fingerprint density at radius 3 is 1.74 bits per heavy atom. The molecule has 0 saturated heterocycles. The van der Waals surface area contributed by atoms with Crippen LogP contribution < -0.4 is 9.47 Å². The number of hydrogen-bond donors (Lipinski definition) is 8. The Balaban J connectivity index is 1.55. The van der Waals surface area contributed by atoms with Gasteiger partial charge in [-0.25, -0.2) is 4.79 Å². The molecule has 4 aromatic carbocycles. The number of azo groups is 3. The van der Waals surface area contributed by atoms with E-state index in [2.05, 4.69) is 35.7 Å². The van der Waals surface area contributed by atoms with Crippen LogP contribution in [0, 0.1) is 0 Å². The molecule has 1 aromatic heterocycles. The van der Waals surface area contributed by atoms with E-state index in [1.165, 1.54) is 0 Å². The number of ether oxygens (including phenoxy) is 2. The third-order valence-corrected chi connectivity index (χ3v) is 9.94. The first kappa shape index (κ1) is 41.3. The second-order valence-electron chi connectivity index (χ2n) is 11.0. The number of aromatic nitrogens is 1. The predicted octanol–water partition coefficient (Wildman–Crippen LogP) is 5.76. The smallest absolute Gasteiger partial charge is 0.338 e. The van der Waals surface area contributed by atoms with Crippen LogP contribution in [0.3, 0.4) is 0 Å². The number of carboxylic acids is 1.